The minimum absolute atomic E-state index is 0.00903. The zero-order chi connectivity index (χ0) is 13.3. The van der Waals surface area contributed by atoms with Gasteiger partial charge in [-0.05, 0) is 19.1 Å². The first kappa shape index (κ1) is 12.7. The van der Waals surface area contributed by atoms with Crippen molar-refractivity contribution in [3.8, 4) is 5.75 Å². The first-order valence-electron chi connectivity index (χ1n) is 4.92. The molecule has 1 aromatic carbocycles. The number of hydrogen-bond donors (Lipinski definition) is 3. The number of aromatic nitrogens is 2. The van der Waals surface area contributed by atoms with E-state index >= 15 is 0 Å². The number of H-pyrrole nitrogens is 1. The summed E-state index contributed by atoms with van der Waals surface area (Å²) in [7, 11) is -3.82. The number of para-hydroxylation sites is 1. The van der Waals surface area contributed by atoms with Crippen LogP contribution in [-0.2, 0) is 10.0 Å². The molecule has 0 aliphatic carbocycles. The number of nitrogens with zero attached hydrogens (tertiary/aromatic N) is 1. The van der Waals surface area contributed by atoms with Crippen LogP contribution in [0.4, 0.5) is 5.69 Å². The van der Waals surface area contributed by atoms with Crippen molar-refractivity contribution >= 4 is 27.3 Å². The minimum atomic E-state index is -3.82. The molecule has 2 aromatic rings. The number of hydrogen-bond acceptors (Lipinski definition) is 4. The molecule has 3 N–H and O–H groups in total. The van der Waals surface area contributed by atoms with Crippen molar-refractivity contribution in [1.29, 1.82) is 0 Å². The number of aryl methyl sites for hydroxylation is 1. The van der Waals surface area contributed by atoms with E-state index in [1.54, 1.807) is 6.92 Å². The normalized spacial score (nSPS) is 11.4. The number of phenols is 1. The molecule has 8 heteroatoms. The van der Waals surface area contributed by atoms with Gasteiger partial charge in [0.25, 0.3) is 10.0 Å². The maximum Gasteiger partial charge on any atom is 0.279 e. The lowest BCUT2D eigenvalue weighted by atomic mass is 10.3. The van der Waals surface area contributed by atoms with Crippen LogP contribution < -0.4 is 4.72 Å². The molecular formula is C10H10ClN3O3S. The van der Waals surface area contributed by atoms with Crippen LogP contribution in [0.2, 0.25) is 5.02 Å². The van der Waals surface area contributed by atoms with Crippen LogP contribution in [0, 0.1) is 6.92 Å². The van der Waals surface area contributed by atoms with Crippen LogP contribution >= 0.6 is 11.6 Å². The molecule has 0 saturated heterocycles. The Balaban J connectivity index is 2.37. The number of nitrogens with one attached hydrogen (secondary N) is 2. The van der Waals surface area contributed by atoms with Gasteiger partial charge >= 0.3 is 0 Å². The summed E-state index contributed by atoms with van der Waals surface area (Å²) < 4.78 is 26.1. The molecule has 0 aliphatic rings. The van der Waals surface area contributed by atoms with Crippen LogP contribution in [0.5, 0.6) is 5.75 Å². The molecule has 1 heterocycles. The van der Waals surface area contributed by atoms with Gasteiger partial charge in [0, 0.05) is 0 Å². The van der Waals surface area contributed by atoms with Gasteiger partial charge in [-0.3, -0.25) is 4.72 Å². The van der Waals surface area contributed by atoms with Crippen molar-refractivity contribution in [3.63, 3.8) is 0 Å². The minimum Gasteiger partial charge on any atom is -0.504 e. The second-order valence-corrected chi connectivity index (χ2v) is 5.63. The molecule has 0 fully saturated rings. The number of halogens is 1. The van der Waals surface area contributed by atoms with Gasteiger partial charge in [-0.2, -0.15) is 8.42 Å². The molecule has 6 nitrogen and oxygen atoms in total. The number of benzene rings is 1. The highest BCUT2D eigenvalue weighted by Gasteiger charge is 2.18. The highest BCUT2D eigenvalue weighted by atomic mass is 35.5. The fourth-order valence-electron chi connectivity index (χ4n) is 1.33. The largest absolute Gasteiger partial charge is 0.504 e. The monoisotopic (exact) mass is 287 g/mol. The molecule has 96 valence electrons. The van der Waals surface area contributed by atoms with Crippen LogP contribution in [0.15, 0.2) is 29.4 Å². The molecule has 0 atom stereocenters. The quantitative estimate of drug-likeness (QED) is 0.751. The molecule has 0 bridgehead atoms. The second kappa shape index (κ2) is 4.51. The highest BCUT2D eigenvalue weighted by molar-refractivity contribution is 7.92. The zero-order valence-electron chi connectivity index (χ0n) is 9.31. The number of anilines is 1. The first-order chi connectivity index (χ1) is 8.40. The van der Waals surface area contributed by atoms with Gasteiger partial charge < -0.3 is 10.1 Å². The molecule has 1 aromatic heterocycles. The van der Waals surface area contributed by atoms with Crippen LogP contribution in [0.1, 0.15) is 5.82 Å². The van der Waals surface area contributed by atoms with Gasteiger partial charge in [0.1, 0.15) is 5.82 Å². The lowest BCUT2D eigenvalue weighted by Crippen LogP contribution is -2.13. The standard InChI is InChI=1S/C10H10ClN3O3S/c1-6-12-5-9(13-6)18(16,17)14-8-4-2-3-7(11)10(8)15/h2-5,14-15H,1H3,(H,12,13). The predicted molar refractivity (Wildman–Crippen MR) is 67.3 cm³/mol. The molecule has 0 radical (unpaired) electrons. The maximum absolute atomic E-state index is 11.9. The highest BCUT2D eigenvalue weighted by Crippen LogP contribution is 2.32. The topological polar surface area (TPSA) is 95.1 Å². The third kappa shape index (κ3) is 2.41. The first-order valence-corrected chi connectivity index (χ1v) is 6.78. The Labute approximate surface area is 109 Å². The molecule has 0 unspecified atom stereocenters. The zero-order valence-corrected chi connectivity index (χ0v) is 10.9. The molecule has 0 aliphatic heterocycles. The summed E-state index contributed by atoms with van der Waals surface area (Å²) in [5, 5.41) is 9.61. The number of imidazole rings is 1. The summed E-state index contributed by atoms with van der Waals surface area (Å²) in [6.07, 6.45) is 1.19. The predicted octanol–water partition coefficient (Wildman–Crippen LogP) is 1.88. The van der Waals surface area contributed by atoms with E-state index in [-0.39, 0.29) is 21.5 Å². The third-order valence-corrected chi connectivity index (χ3v) is 3.78. The number of aromatic amines is 1. The summed E-state index contributed by atoms with van der Waals surface area (Å²) in [5.74, 6) is 0.157. The summed E-state index contributed by atoms with van der Waals surface area (Å²) in [5.41, 5.74) is 0.00903. The van der Waals surface area contributed by atoms with Gasteiger partial charge in [-0.1, -0.05) is 17.7 Å². The Morgan fingerprint density at radius 3 is 2.78 bits per heavy atom. The SMILES string of the molecule is Cc1ncc(S(=O)(=O)Nc2cccc(Cl)c2O)[nH]1. The van der Waals surface area contributed by atoms with Crippen LogP contribution in [0.3, 0.4) is 0 Å². The molecule has 2 rings (SSSR count). The Hall–Kier alpha value is -1.73. The third-order valence-electron chi connectivity index (χ3n) is 2.20. The number of phenolic OH excluding ortho intramolecular Hbond substituents is 1. The van der Waals surface area contributed by atoms with Gasteiger partial charge in [-0.15, -0.1) is 0 Å². The Morgan fingerprint density at radius 1 is 1.44 bits per heavy atom. The van der Waals surface area contributed by atoms with Crippen LogP contribution in [0.25, 0.3) is 0 Å². The Bertz CT molecular complexity index is 681. The summed E-state index contributed by atoms with van der Waals surface area (Å²) in [6.45, 7) is 1.63. The van der Waals surface area contributed by atoms with E-state index in [1.165, 1.54) is 24.4 Å². The van der Waals surface area contributed by atoms with Gasteiger partial charge in [0.15, 0.2) is 10.8 Å². The van der Waals surface area contributed by atoms with Crippen LogP contribution in [-0.4, -0.2) is 23.5 Å². The average molecular weight is 288 g/mol. The fraction of sp³-hybridized carbons (Fsp3) is 0.100. The van der Waals surface area contributed by atoms with E-state index in [9.17, 15) is 13.5 Å². The van der Waals surface area contributed by atoms with E-state index < -0.39 is 10.0 Å². The van der Waals surface area contributed by atoms with Crippen molar-refractivity contribution in [2.45, 2.75) is 11.9 Å². The average Bonchev–Trinajstić information content (AvgIpc) is 2.72. The summed E-state index contributed by atoms with van der Waals surface area (Å²) >= 11 is 5.69. The van der Waals surface area contributed by atoms with Gasteiger partial charge in [-0.25, -0.2) is 4.98 Å². The van der Waals surface area contributed by atoms with Crippen molar-refractivity contribution in [2.75, 3.05) is 4.72 Å². The van der Waals surface area contributed by atoms with E-state index in [0.717, 1.165) is 0 Å². The smallest absolute Gasteiger partial charge is 0.279 e. The number of rotatable bonds is 3. The van der Waals surface area contributed by atoms with E-state index in [4.69, 9.17) is 11.6 Å². The summed E-state index contributed by atoms with van der Waals surface area (Å²) in [6, 6.07) is 4.38. The Morgan fingerprint density at radius 2 is 2.17 bits per heavy atom. The lowest BCUT2D eigenvalue weighted by Gasteiger charge is -2.08. The lowest BCUT2D eigenvalue weighted by molar-refractivity contribution is 0.478. The number of sulfonamides is 1. The van der Waals surface area contributed by atoms with Crippen molar-refractivity contribution in [1.82, 2.24) is 9.97 Å². The van der Waals surface area contributed by atoms with E-state index in [2.05, 4.69) is 14.7 Å². The van der Waals surface area contributed by atoms with Crippen molar-refractivity contribution in [2.24, 2.45) is 0 Å². The molecule has 18 heavy (non-hydrogen) atoms. The molecule has 0 saturated carbocycles. The van der Waals surface area contributed by atoms with Crippen molar-refractivity contribution in [3.05, 3.63) is 35.2 Å². The van der Waals surface area contributed by atoms with Gasteiger partial charge in [0.2, 0.25) is 0 Å². The summed E-state index contributed by atoms with van der Waals surface area (Å²) in [4.78, 5) is 6.40. The van der Waals surface area contributed by atoms with E-state index in [1.807, 2.05) is 0 Å². The maximum atomic E-state index is 11.9. The van der Waals surface area contributed by atoms with Crippen molar-refractivity contribution < 1.29 is 13.5 Å². The Kier molecular flexibility index (Phi) is 3.18. The van der Waals surface area contributed by atoms with Gasteiger partial charge in [0.05, 0.1) is 16.9 Å². The molecular weight excluding hydrogens is 278 g/mol. The number of aromatic hydroxyl groups is 1. The van der Waals surface area contributed by atoms with E-state index in [0.29, 0.717) is 5.82 Å². The second-order valence-electron chi connectivity index (χ2n) is 3.57. The fourth-order valence-corrected chi connectivity index (χ4v) is 2.54. The molecule has 0 amide bonds. The molecule has 0 spiro atoms.